The maximum Gasteiger partial charge on any atom is 0.323 e. The molecule has 3 unspecified atom stereocenters. The van der Waals surface area contributed by atoms with Gasteiger partial charge in [0.1, 0.15) is 11.6 Å². The Morgan fingerprint density at radius 2 is 2.11 bits per heavy atom. The van der Waals surface area contributed by atoms with Crippen LogP contribution in [0.5, 0.6) is 0 Å². The van der Waals surface area contributed by atoms with Gasteiger partial charge < -0.3 is 10.1 Å². The van der Waals surface area contributed by atoms with Crippen molar-refractivity contribution in [2.75, 3.05) is 5.75 Å². The average molecular weight is 273 g/mol. The first kappa shape index (κ1) is 15.8. The number of esters is 1. The maximum absolute atomic E-state index is 11.9. The highest BCUT2D eigenvalue weighted by atomic mass is 32.2. The maximum atomic E-state index is 11.9. The second-order valence-electron chi connectivity index (χ2n) is 6.01. The van der Waals surface area contributed by atoms with Crippen molar-refractivity contribution in [1.82, 2.24) is 5.32 Å². The highest BCUT2D eigenvalue weighted by molar-refractivity contribution is 7.99. The van der Waals surface area contributed by atoms with Crippen molar-refractivity contribution in [3.8, 4) is 0 Å². The van der Waals surface area contributed by atoms with Crippen molar-refractivity contribution in [3.05, 3.63) is 0 Å². The van der Waals surface area contributed by atoms with Crippen LogP contribution in [0, 0.1) is 0 Å². The molecular weight excluding hydrogens is 246 g/mol. The molecule has 0 aromatic heterocycles. The van der Waals surface area contributed by atoms with Gasteiger partial charge in [-0.2, -0.15) is 11.8 Å². The van der Waals surface area contributed by atoms with Gasteiger partial charge >= 0.3 is 5.97 Å². The van der Waals surface area contributed by atoms with E-state index in [0.717, 1.165) is 5.25 Å². The first-order valence-electron chi connectivity index (χ1n) is 6.92. The molecule has 0 spiro atoms. The lowest BCUT2D eigenvalue weighted by Crippen LogP contribution is -2.43. The van der Waals surface area contributed by atoms with Gasteiger partial charge in [0.25, 0.3) is 0 Å². The van der Waals surface area contributed by atoms with Gasteiger partial charge in [-0.3, -0.25) is 4.79 Å². The highest BCUT2D eigenvalue weighted by Gasteiger charge is 2.28. The zero-order chi connectivity index (χ0) is 13.8. The predicted octanol–water partition coefficient (Wildman–Crippen LogP) is 2.98. The largest absolute Gasteiger partial charge is 0.459 e. The first-order valence-corrected chi connectivity index (χ1v) is 7.97. The molecule has 1 fully saturated rings. The van der Waals surface area contributed by atoms with E-state index in [1.807, 2.05) is 39.5 Å². The molecule has 106 valence electrons. The lowest BCUT2D eigenvalue weighted by atomic mass is 10.2. The molecule has 0 saturated heterocycles. The molecule has 0 aliphatic heterocycles. The molecule has 4 heteroatoms. The van der Waals surface area contributed by atoms with Gasteiger partial charge in [0.15, 0.2) is 0 Å². The van der Waals surface area contributed by atoms with Crippen LogP contribution >= 0.6 is 11.8 Å². The lowest BCUT2D eigenvalue weighted by molar-refractivity contribution is -0.157. The molecule has 0 radical (unpaired) electrons. The van der Waals surface area contributed by atoms with Crippen LogP contribution in [-0.2, 0) is 9.53 Å². The Bertz CT molecular complexity index is 275. The minimum absolute atomic E-state index is 0.144. The third-order valence-corrected chi connectivity index (χ3v) is 4.27. The van der Waals surface area contributed by atoms with Crippen molar-refractivity contribution in [3.63, 3.8) is 0 Å². The fraction of sp³-hybridized carbons (Fsp3) is 0.929. The molecule has 1 aliphatic rings. The molecule has 3 atom stereocenters. The molecule has 0 aromatic rings. The van der Waals surface area contributed by atoms with E-state index in [4.69, 9.17) is 4.74 Å². The summed E-state index contributed by atoms with van der Waals surface area (Å²) in [5.41, 5.74) is -0.400. The van der Waals surface area contributed by atoms with Crippen LogP contribution in [0.3, 0.4) is 0 Å². The summed E-state index contributed by atoms with van der Waals surface area (Å²) in [6.45, 7) is 9.81. The van der Waals surface area contributed by atoms with Crippen LogP contribution < -0.4 is 5.32 Å². The summed E-state index contributed by atoms with van der Waals surface area (Å²) < 4.78 is 5.38. The minimum Gasteiger partial charge on any atom is -0.459 e. The van der Waals surface area contributed by atoms with Crippen LogP contribution in [-0.4, -0.2) is 34.7 Å². The van der Waals surface area contributed by atoms with E-state index in [1.165, 1.54) is 25.0 Å². The fourth-order valence-electron chi connectivity index (χ4n) is 2.29. The van der Waals surface area contributed by atoms with Crippen molar-refractivity contribution >= 4 is 17.7 Å². The predicted molar refractivity (Wildman–Crippen MR) is 78.0 cm³/mol. The first-order chi connectivity index (χ1) is 8.31. The van der Waals surface area contributed by atoms with E-state index in [9.17, 15) is 4.79 Å². The Hall–Kier alpha value is -0.220. The number of hydrogen-bond donors (Lipinski definition) is 1. The molecule has 0 aromatic carbocycles. The SMILES string of the molecule is CCSC1CCC(NC(C)C(=O)OC(C)(C)C)C1. The van der Waals surface area contributed by atoms with Gasteiger partial charge in [0.05, 0.1) is 0 Å². The van der Waals surface area contributed by atoms with Crippen molar-refractivity contribution in [1.29, 1.82) is 0 Å². The Morgan fingerprint density at radius 3 is 2.67 bits per heavy atom. The number of carbonyl (C=O) groups excluding carboxylic acids is 1. The minimum atomic E-state index is -0.400. The van der Waals surface area contributed by atoms with Crippen LogP contribution in [0.2, 0.25) is 0 Å². The Balaban J connectivity index is 2.32. The van der Waals surface area contributed by atoms with Crippen LogP contribution in [0.25, 0.3) is 0 Å². The van der Waals surface area contributed by atoms with Gasteiger partial charge in [-0.05, 0) is 52.7 Å². The number of ether oxygens (including phenoxy) is 1. The molecule has 18 heavy (non-hydrogen) atoms. The summed E-state index contributed by atoms with van der Waals surface area (Å²) >= 11 is 2.03. The van der Waals surface area contributed by atoms with Gasteiger partial charge in [-0.15, -0.1) is 0 Å². The summed E-state index contributed by atoms with van der Waals surface area (Å²) in [5.74, 6) is 1.04. The van der Waals surface area contributed by atoms with E-state index >= 15 is 0 Å². The monoisotopic (exact) mass is 273 g/mol. The number of rotatable bonds is 5. The summed E-state index contributed by atoms with van der Waals surface area (Å²) in [7, 11) is 0. The standard InChI is InChI=1S/C14H27NO2S/c1-6-18-12-8-7-11(9-12)15-10(2)13(16)17-14(3,4)5/h10-12,15H,6-9H2,1-5H3. The quantitative estimate of drug-likeness (QED) is 0.782. The van der Waals surface area contributed by atoms with Crippen LogP contribution in [0.1, 0.15) is 53.9 Å². The molecule has 0 bridgehead atoms. The number of nitrogens with one attached hydrogen (secondary N) is 1. The summed E-state index contributed by atoms with van der Waals surface area (Å²) in [6.07, 6.45) is 3.60. The second kappa shape index (κ2) is 6.80. The van der Waals surface area contributed by atoms with Crippen LogP contribution in [0.4, 0.5) is 0 Å². The van der Waals surface area contributed by atoms with Gasteiger partial charge in [0.2, 0.25) is 0 Å². The van der Waals surface area contributed by atoms with E-state index in [1.54, 1.807) is 0 Å². The lowest BCUT2D eigenvalue weighted by Gasteiger charge is -2.24. The van der Waals surface area contributed by atoms with E-state index in [0.29, 0.717) is 6.04 Å². The van der Waals surface area contributed by atoms with E-state index < -0.39 is 5.60 Å². The summed E-state index contributed by atoms with van der Waals surface area (Å²) in [6, 6.07) is 0.260. The third kappa shape index (κ3) is 5.61. The summed E-state index contributed by atoms with van der Waals surface area (Å²) in [5, 5.41) is 4.16. The Labute approximate surface area is 115 Å². The molecular formula is C14H27NO2S. The van der Waals surface area contributed by atoms with Gasteiger partial charge in [0, 0.05) is 11.3 Å². The smallest absolute Gasteiger partial charge is 0.323 e. The number of hydrogen-bond acceptors (Lipinski definition) is 4. The molecule has 0 amide bonds. The summed E-state index contributed by atoms with van der Waals surface area (Å²) in [4.78, 5) is 11.9. The molecule has 0 heterocycles. The van der Waals surface area contributed by atoms with Gasteiger partial charge in [-0.25, -0.2) is 0 Å². The second-order valence-corrected chi connectivity index (χ2v) is 7.59. The Morgan fingerprint density at radius 1 is 1.44 bits per heavy atom. The third-order valence-electron chi connectivity index (χ3n) is 3.03. The molecule has 1 aliphatic carbocycles. The van der Waals surface area contributed by atoms with Crippen molar-refractivity contribution in [2.24, 2.45) is 0 Å². The number of thioether (sulfide) groups is 1. The topological polar surface area (TPSA) is 38.3 Å². The molecule has 1 saturated carbocycles. The highest BCUT2D eigenvalue weighted by Crippen LogP contribution is 2.29. The molecule has 1 rings (SSSR count). The van der Waals surface area contributed by atoms with Crippen molar-refractivity contribution in [2.45, 2.75) is 76.8 Å². The fourth-order valence-corrected chi connectivity index (χ4v) is 3.43. The van der Waals surface area contributed by atoms with Gasteiger partial charge in [-0.1, -0.05) is 6.92 Å². The average Bonchev–Trinajstić information content (AvgIpc) is 2.63. The molecule has 1 N–H and O–H groups in total. The zero-order valence-electron chi connectivity index (χ0n) is 12.3. The molecule has 3 nitrogen and oxygen atoms in total. The zero-order valence-corrected chi connectivity index (χ0v) is 13.1. The van der Waals surface area contributed by atoms with E-state index in [2.05, 4.69) is 12.2 Å². The van der Waals surface area contributed by atoms with E-state index in [-0.39, 0.29) is 12.0 Å². The normalized spacial score (nSPS) is 26.1. The Kier molecular flexibility index (Phi) is 5.99. The van der Waals surface area contributed by atoms with Crippen molar-refractivity contribution < 1.29 is 9.53 Å². The van der Waals surface area contributed by atoms with Crippen LogP contribution in [0.15, 0.2) is 0 Å². The number of carbonyl (C=O) groups is 1.